The number of piperidine rings is 1. The summed E-state index contributed by atoms with van der Waals surface area (Å²) in [6, 6.07) is -1.08. The van der Waals surface area contributed by atoms with Gasteiger partial charge >= 0.3 is 5.51 Å². The number of hydrogen-bond donors (Lipinski definition) is 0. The molecule has 0 N–H and O–H groups in total. The Labute approximate surface area is 126 Å². The zero-order valence-electron chi connectivity index (χ0n) is 11.9. The summed E-state index contributed by atoms with van der Waals surface area (Å²) in [6.07, 6.45) is 2.81. The molecule has 0 spiro atoms. The average Bonchev–Trinajstić information content (AvgIpc) is 2.43. The molecule has 4 nitrogen and oxygen atoms in total. The van der Waals surface area contributed by atoms with E-state index in [0.29, 0.717) is 19.4 Å². The van der Waals surface area contributed by atoms with Crippen molar-refractivity contribution in [2.45, 2.75) is 50.2 Å². The Morgan fingerprint density at radius 2 is 1.95 bits per heavy atom. The minimum absolute atomic E-state index is 0.0302. The molecule has 0 aromatic heterocycles. The molecule has 2 atom stereocenters. The highest BCUT2D eigenvalue weighted by molar-refractivity contribution is 8.00. The van der Waals surface area contributed by atoms with E-state index < -0.39 is 17.6 Å². The standard InChI is InChI=1S/C13H19F3N2O2S/c1-2-9-11(19)17-6-4-3-5-10(17)12(20)18(9)7-8-21-13(14,15)16/h9-10H,2-8H2,1H3. The fraction of sp³-hybridized carbons (Fsp3) is 0.846. The van der Waals surface area contributed by atoms with Crippen LogP contribution in [0.1, 0.15) is 32.6 Å². The van der Waals surface area contributed by atoms with E-state index in [1.165, 1.54) is 4.90 Å². The first-order valence-electron chi connectivity index (χ1n) is 7.17. The van der Waals surface area contributed by atoms with E-state index in [2.05, 4.69) is 0 Å². The topological polar surface area (TPSA) is 40.6 Å². The minimum Gasteiger partial charge on any atom is -0.329 e. The van der Waals surface area contributed by atoms with E-state index >= 15 is 0 Å². The van der Waals surface area contributed by atoms with Gasteiger partial charge in [0.1, 0.15) is 12.1 Å². The highest BCUT2D eigenvalue weighted by atomic mass is 32.2. The number of halogens is 3. The predicted molar refractivity (Wildman–Crippen MR) is 73.7 cm³/mol. The van der Waals surface area contributed by atoms with Crippen LogP contribution in [0, 0.1) is 0 Å². The number of carbonyl (C=O) groups excluding carboxylic acids is 2. The Hall–Kier alpha value is -0.920. The van der Waals surface area contributed by atoms with Crippen LogP contribution in [0.25, 0.3) is 0 Å². The fourth-order valence-electron chi connectivity index (χ4n) is 3.04. The second kappa shape index (κ2) is 6.46. The summed E-state index contributed by atoms with van der Waals surface area (Å²) >= 11 is -0.146. The Morgan fingerprint density at radius 3 is 2.57 bits per heavy atom. The van der Waals surface area contributed by atoms with Gasteiger partial charge in [0.25, 0.3) is 0 Å². The smallest absolute Gasteiger partial charge is 0.329 e. The van der Waals surface area contributed by atoms with Crippen molar-refractivity contribution in [2.24, 2.45) is 0 Å². The molecule has 120 valence electrons. The highest BCUT2D eigenvalue weighted by Gasteiger charge is 2.45. The quantitative estimate of drug-likeness (QED) is 0.796. The van der Waals surface area contributed by atoms with E-state index in [1.54, 1.807) is 11.8 Å². The van der Waals surface area contributed by atoms with Crippen LogP contribution >= 0.6 is 11.8 Å². The third-order valence-corrected chi connectivity index (χ3v) is 4.71. The number of amides is 2. The van der Waals surface area contributed by atoms with Crippen molar-refractivity contribution in [1.29, 1.82) is 0 Å². The van der Waals surface area contributed by atoms with Crippen LogP contribution < -0.4 is 0 Å². The molecule has 2 aliphatic heterocycles. The Bertz CT molecular complexity index is 417. The molecule has 8 heteroatoms. The van der Waals surface area contributed by atoms with Crippen LogP contribution in [-0.4, -0.2) is 58.0 Å². The van der Waals surface area contributed by atoms with Crippen molar-refractivity contribution in [1.82, 2.24) is 9.80 Å². The van der Waals surface area contributed by atoms with Crippen LogP contribution in [0.3, 0.4) is 0 Å². The Kier molecular flexibility index (Phi) is 5.06. The first-order valence-corrected chi connectivity index (χ1v) is 8.15. The lowest BCUT2D eigenvalue weighted by atomic mass is 9.94. The van der Waals surface area contributed by atoms with Gasteiger partial charge in [-0.05, 0) is 37.4 Å². The summed E-state index contributed by atoms with van der Waals surface area (Å²) in [5.41, 5.74) is -4.30. The monoisotopic (exact) mass is 324 g/mol. The molecule has 2 amide bonds. The van der Waals surface area contributed by atoms with Gasteiger partial charge in [-0.3, -0.25) is 9.59 Å². The van der Waals surface area contributed by atoms with E-state index in [0.717, 1.165) is 12.8 Å². The Balaban J connectivity index is 2.07. The van der Waals surface area contributed by atoms with Gasteiger partial charge < -0.3 is 9.80 Å². The van der Waals surface area contributed by atoms with Gasteiger partial charge in [-0.25, -0.2) is 0 Å². The van der Waals surface area contributed by atoms with Crippen LogP contribution in [-0.2, 0) is 9.59 Å². The molecular weight excluding hydrogens is 305 g/mol. The lowest BCUT2D eigenvalue weighted by Crippen LogP contribution is -2.65. The number of piperazine rings is 1. The average molecular weight is 324 g/mol. The van der Waals surface area contributed by atoms with E-state index in [1.807, 2.05) is 0 Å². The molecule has 0 aliphatic carbocycles. The van der Waals surface area contributed by atoms with Crippen LogP contribution in [0.5, 0.6) is 0 Å². The molecule has 21 heavy (non-hydrogen) atoms. The molecule has 2 fully saturated rings. The van der Waals surface area contributed by atoms with Crippen molar-refractivity contribution < 1.29 is 22.8 Å². The highest BCUT2D eigenvalue weighted by Crippen LogP contribution is 2.31. The lowest BCUT2D eigenvalue weighted by Gasteiger charge is -2.46. The maximum atomic E-state index is 12.5. The van der Waals surface area contributed by atoms with E-state index in [9.17, 15) is 22.8 Å². The van der Waals surface area contributed by atoms with Gasteiger partial charge in [0.05, 0.1) is 0 Å². The van der Waals surface area contributed by atoms with Crippen LogP contribution in [0.2, 0.25) is 0 Å². The second-order valence-electron chi connectivity index (χ2n) is 5.29. The molecule has 0 aromatic rings. The first-order chi connectivity index (χ1) is 9.85. The Morgan fingerprint density at radius 1 is 1.24 bits per heavy atom. The van der Waals surface area contributed by atoms with Crippen molar-refractivity contribution in [2.75, 3.05) is 18.8 Å². The number of carbonyl (C=O) groups is 2. The zero-order chi connectivity index (χ0) is 15.6. The summed E-state index contributed by atoms with van der Waals surface area (Å²) in [7, 11) is 0. The molecule has 2 saturated heterocycles. The van der Waals surface area contributed by atoms with Gasteiger partial charge in [0.2, 0.25) is 11.8 Å². The largest absolute Gasteiger partial charge is 0.441 e. The number of hydrogen-bond acceptors (Lipinski definition) is 3. The van der Waals surface area contributed by atoms with Gasteiger partial charge in [0.15, 0.2) is 0 Å². The van der Waals surface area contributed by atoms with Gasteiger partial charge in [-0.2, -0.15) is 13.2 Å². The maximum Gasteiger partial charge on any atom is 0.441 e. The first kappa shape index (κ1) is 16.5. The molecule has 2 unspecified atom stereocenters. The molecule has 0 bridgehead atoms. The lowest BCUT2D eigenvalue weighted by molar-refractivity contribution is -0.163. The van der Waals surface area contributed by atoms with Crippen molar-refractivity contribution in [3.05, 3.63) is 0 Å². The third-order valence-electron chi connectivity index (χ3n) is 4.00. The SMILES string of the molecule is CCC1C(=O)N2CCCCC2C(=O)N1CCSC(F)(F)F. The molecule has 0 saturated carbocycles. The van der Waals surface area contributed by atoms with E-state index in [4.69, 9.17) is 0 Å². The zero-order valence-corrected chi connectivity index (χ0v) is 12.7. The molecule has 2 aliphatic rings. The maximum absolute atomic E-state index is 12.5. The van der Waals surface area contributed by atoms with Crippen molar-refractivity contribution >= 4 is 23.6 Å². The second-order valence-corrected chi connectivity index (χ2v) is 6.45. The van der Waals surface area contributed by atoms with Crippen LogP contribution in [0.15, 0.2) is 0 Å². The minimum atomic E-state index is -4.30. The van der Waals surface area contributed by atoms with Crippen molar-refractivity contribution in [3.63, 3.8) is 0 Å². The molecule has 2 heterocycles. The van der Waals surface area contributed by atoms with Crippen molar-refractivity contribution in [3.8, 4) is 0 Å². The normalized spacial score (nSPS) is 27.0. The summed E-state index contributed by atoms with van der Waals surface area (Å²) < 4.78 is 36.6. The van der Waals surface area contributed by atoms with E-state index in [-0.39, 0.29) is 35.9 Å². The summed E-state index contributed by atoms with van der Waals surface area (Å²) in [6.45, 7) is 2.33. The number of alkyl halides is 3. The van der Waals surface area contributed by atoms with Gasteiger partial charge in [-0.1, -0.05) is 6.92 Å². The molecular formula is C13H19F3N2O2S. The number of fused-ring (bicyclic) bond motifs is 1. The fourth-order valence-corrected chi connectivity index (χ4v) is 3.56. The molecule has 2 rings (SSSR count). The third kappa shape index (κ3) is 3.64. The number of rotatable bonds is 4. The number of nitrogens with zero attached hydrogens (tertiary/aromatic N) is 2. The number of thioether (sulfide) groups is 1. The predicted octanol–water partition coefficient (Wildman–Crippen LogP) is 2.24. The summed E-state index contributed by atoms with van der Waals surface area (Å²) in [5.74, 6) is -0.533. The summed E-state index contributed by atoms with van der Waals surface area (Å²) in [4.78, 5) is 27.9. The van der Waals surface area contributed by atoms with Crippen LogP contribution in [0.4, 0.5) is 13.2 Å². The molecule has 0 aromatic carbocycles. The van der Waals surface area contributed by atoms with Gasteiger partial charge in [0, 0.05) is 18.8 Å². The summed E-state index contributed by atoms with van der Waals surface area (Å²) in [5, 5.41) is 0. The molecule has 0 radical (unpaired) electrons. The van der Waals surface area contributed by atoms with Gasteiger partial charge in [-0.15, -0.1) is 0 Å².